The van der Waals surface area contributed by atoms with Crippen LogP contribution in [0.15, 0.2) is 82.6 Å². The monoisotopic (exact) mass is 501 g/mol. The summed E-state index contributed by atoms with van der Waals surface area (Å²) in [6.07, 6.45) is 0. The second kappa shape index (κ2) is 9.52. The molecular weight excluding hydrogens is 478 g/mol. The van der Waals surface area contributed by atoms with Crippen LogP contribution >= 0.6 is 24.0 Å². The second-order valence-corrected chi connectivity index (χ2v) is 9.63. The van der Waals surface area contributed by atoms with Gasteiger partial charge in [0, 0.05) is 22.4 Å². The number of aromatic nitrogens is 3. The van der Waals surface area contributed by atoms with E-state index in [2.05, 4.69) is 10.4 Å². The Morgan fingerprint density at radius 3 is 2.20 bits per heavy atom. The van der Waals surface area contributed by atoms with Gasteiger partial charge >= 0.3 is 0 Å². The van der Waals surface area contributed by atoms with Crippen molar-refractivity contribution in [2.24, 2.45) is 7.05 Å². The van der Waals surface area contributed by atoms with E-state index in [1.807, 2.05) is 73.7 Å². The number of nitrogens with one attached hydrogen (secondary N) is 1. The van der Waals surface area contributed by atoms with Gasteiger partial charge in [0.1, 0.15) is 6.54 Å². The number of para-hydroxylation sites is 2. The maximum atomic E-state index is 13.6. The highest BCUT2D eigenvalue weighted by Crippen LogP contribution is 2.47. The summed E-state index contributed by atoms with van der Waals surface area (Å²) < 4.78 is 3.64. The molecule has 0 atom stereocenters. The lowest BCUT2D eigenvalue weighted by Gasteiger charge is -2.30. The maximum absolute atomic E-state index is 13.6. The van der Waals surface area contributed by atoms with Crippen molar-refractivity contribution in [1.29, 1.82) is 0 Å². The highest BCUT2D eigenvalue weighted by molar-refractivity contribution is 7.99. The van der Waals surface area contributed by atoms with E-state index < -0.39 is 0 Å². The number of hydrogen-bond acceptors (Lipinski definition) is 5. The molecule has 1 aliphatic heterocycles. The van der Waals surface area contributed by atoms with Gasteiger partial charge in [0.25, 0.3) is 11.8 Å². The maximum Gasteiger partial charge on any atom is 0.253 e. The summed E-state index contributed by atoms with van der Waals surface area (Å²) in [5.41, 5.74) is 3.20. The van der Waals surface area contributed by atoms with Crippen LogP contribution in [0.5, 0.6) is 0 Å². The molecule has 0 bridgehead atoms. The first-order chi connectivity index (χ1) is 16.9. The SMILES string of the molecule is Cc1ccccc1C(=O)NCc1nn(CC(=O)N2c3ccccc3Sc3ccccc32)c(=S)n1C. The van der Waals surface area contributed by atoms with Gasteiger partial charge in [-0.2, -0.15) is 5.10 Å². The van der Waals surface area contributed by atoms with E-state index in [0.29, 0.717) is 16.2 Å². The van der Waals surface area contributed by atoms with Gasteiger partial charge in [-0.25, -0.2) is 4.68 Å². The van der Waals surface area contributed by atoms with Crippen molar-refractivity contribution < 1.29 is 9.59 Å². The first-order valence-electron chi connectivity index (χ1n) is 11.1. The van der Waals surface area contributed by atoms with Gasteiger partial charge in [-0.15, -0.1) is 0 Å². The Kier molecular flexibility index (Phi) is 6.27. The normalized spacial score (nSPS) is 12.1. The van der Waals surface area contributed by atoms with Gasteiger partial charge in [0.05, 0.1) is 17.9 Å². The molecule has 0 fully saturated rings. The highest BCUT2D eigenvalue weighted by Gasteiger charge is 2.28. The standard InChI is InChI=1S/C26H23N5O2S2/c1-17-9-3-4-10-18(17)25(33)27-15-23-28-30(26(34)29(23)2)16-24(32)31-19-11-5-7-13-21(19)35-22-14-8-6-12-20(22)31/h3-14H,15-16H2,1-2H3,(H,27,33). The molecule has 9 heteroatoms. The number of anilines is 2. The average molecular weight is 502 g/mol. The van der Waals surface area contributed by atoms with E-state index >= 15 is 0 Å². The molecule has 2 heterocycles. The third-order valence-corrected chi connectivity index (χ3v) is 7.51. The first kappa shape index (κ1) is 23.1. The van der Waals surface area contributed by atoms with Gasteiger partial charge in [-0.05, 0) is 55.0 Å². The number of benzene rings is 3. The van der Waals surface area contributed by atoms with Crippen LogP contribution in [0.2, 0.25) is 0 Å². The molecule has 4 aromatic rings. The number of amides is 2. The van der Waals surface area contributed by atoms with Crippen molar-refractivity contribution in [3.05, 3.63) is 94.5 Å². The fourth-order valence-corrected chi connectivity index (χ4v) is 5.31. The zero-order valence-corrected chi connectivity index (χ0v) is 20.9. The molecule has 5 rings (SSSR count). The van der Waals surface area contributed by atoms with Crippen LogP contribution in [0.25, 0.3) is 0 Å². The van der Waals surface area contributed by atoms with E-state index in [0.717, 1.165) is 26.7 Å². The number of aryl methyl sites for hydroxylation is 1. The van der Waals surface area contributed by atoms with Crippen molar-refractivity contribution in [2.75, 3.05) is 4.90 Å². The number of carbonyl (C=O) groups excluding carboxylic acids is 2. The van der Waals surface area contributed by atoms with Crippen molar-refractivity contribution in [3.8, 4) is 0 Å². The molecule has 3 aromatic carbocycles. The zero-order chi connectivity index (χ0) is 24.5. The van der Waals surface area contributed by atoms with E-state index in [4.69, 9.17) is 12.2 Å². The Bertz CT molecular complexity index is 1460. The van der Waals surface area contributed by atoms with Crippen LogP contribution in [-0.2, 0) is 24.9 Å². The summed E-state index contributed by atoms with van der Waals surface area (Å²) in [6, 6.07) is 23.1. The first-order valence-corrected chi connectivity index (χ1v) is 12.3. The molecule has 7 nitrogen and oxygen atoms in total. The third kappa shape index (κ3) is 4.40. The number of rotatable bonds is 5. The van der Waals surface area contributed by atoms with Crippen LogP contribution in [0.1, 0.15) is 21.7 Å². The second-order valence-electron chi connectivity index (χ2n) is 8.18. The minimum Gasteiger partial charge on any atom is -0.345 e. The van der Waals surface area contributed by atoms with Crippen LogP contribution < -0.4 is 10.2 Å². The number of carbonyl (C=O) groups is 2. The quantitative estimate of drug-likeness (QED) is 0.389. The zero-order valence-electron chi connectivity index (χ0n) is 19.3. The van der Waals surface area contributed by atoms with Gasteiger partial charge in [-0.1, -0.05) is 54.2 Å². The Morgan fingerprint density at radius 1 is 0.943 bits per heavy atom. The van der Waals surface area contributed by atoms with Crippen molar-refractivity contribution in [2.45, 2.75) is 29.8 Å². The smallest absolute Gasteiger partial charge is 0.253 e. The van der Waals surface area contributed by atoms with Crippen LogP contribution in [0.4, 0.5) is 11.4 Å². The Labute approximate surface area is 212 Å². The van der Waals surface area contributed by atoms with E-state index in [9.17, 15) is 9.59 Å². The lowest BCUT2D eigenvalue weighted by molar-refractivity contribution is -0.118. The molecule has 176 valence electrons. The van der Waals surface area contributed by atoms with Crippen molar-refractivity contribution in [3.63, 3.8) is 0 Å². The minimum atomic E-state index is -0.182. The van der Waals surface area contributed by atoms with E-state index in [1.54, 1.807) is 34.3 Å². The fourth-order valence-electron chi connectivity index (χ4n) is 4.04. The Hall–Kier alpha value is -3.69. The van der Waals surface area contributed by atoms with Crippen molar-refractivity contribution in [1.82, 2.24) is 19.7 Å². The molecule has 1 aliphatic rings. The minimum absolute atomic E-state index is 0.0221. The molecule has 0 saturated heterocycles. The Morgan fingerprint density at radius 2 is 1.54 bits per heavy atom. The van der Waals surface area contributed by atoms with Crippen LogP contribution in [0.3, 0.4) is 0 Å². The van der Waals surface area contributed by atoms with Gasteiger partial charge in [0.15, 0.2) is 10.6 Å². The molecule has 0 aliphatic carbocycles. The molecule has 1 aromatic heterocycles. The molecule has 0 unspecified atom stereocenters. The Balaban J connectivity index is 1.38. The average Bonchev–Trinajstić information content (AvgIpc) is 3.13. The molecule has 0 radical (unpaired) electrons. The van der Waals surface area contributed by atoms with Gasteiger partial charge < -0.3 is 9.88 Å². The molecule has 35 heavy (non-hydrogen) atoms. The summed E-state index contributed by atoms with van der Waals surface area (Å²) in [5, 5.41) is 7.45. The van der Waals surface area contributed by atoms with E-state index in [-0.39, 0.29) is 24.9 Å². The summed E-state index contributed by atoms with van der Waals surface area (Å²) in [7, 11) is 1.79. The lowest BCUT2D eigenvalue weighted by atomic mass is 10.1. The number of nitrogens with zero attached hydrogens (tertiary/aromatic N) is 4. The molecule has 0 saturated carbocycles. The highest BCUT2D eigenvalue weighted by atomic mass is 32.2. The number of fused-ring (bicyclic) bond motifs is 2. The van der Waals surface area contributed by atoms with Gasteiger partial charge in [0.2, 0.25) is 0 Å². The van der Waals surface area contributed by atoms with Crippen LogP contribution in [-0.4, -0.2) is 26.2 Å². The van der Waals surface area contributed by atoms with Crippen molar-refractivity contribution >= 4 is 47.2 Å². The molecular formula is C26H23N5O2S2. The third-order valence-electron chi connectivity index (χ3n) is 5.89. The van der Waals surface area contributed by atoms with Crippen LogP contribution in [0, 0.1) is 11.7 Å². The molecule has 2 amide bonds. The summed E-state index contributed by atoms with van der Waals surface area (Å²) in [5.74, 6) is 0.244. The largest absolute Gasteiger partial charge is 0.345 e. The number of hydrogen-bond donors (Lipinski definition) is 1. The summed E-state index contributed by atoms with van der Waals surface area (Å²) in [4.78, 5) is 30.0. The van der Waals surface area contributed by atoms with Gasteiger partial charge in [-0.3, -0.25) is 14.5 Å². The fraction of sp³-hybridized carbons (Fsp3) is 0.154. The molecule has 1 N–H and O–H groups in total. The topological polar surface area (TPSA) is 72.2 Å². The lowest BCUT2D eigenvalue weighted by Crippen LogP contribution is -2.32. The predicted octanol–water partition coefficient (Wildman–Crippen LogP) is 5.02. The molecule has 0 spiro atoms. The predicted molar refractivity (Wildman–Crippen MR) is 139 cm³/mol. The van der Waals surface area contributed by atoms with E-state index in [1.165, 1.54) is 4.68 Å². The summed E-state index contributed by atoms with van der Waals surface area (Å²) >= 11 is 7.21. The summed E-state index contributed by atoms with van der Waals surface area (Å²) in [6.45, 7) is 2.07.